The Morgan fingerprint density at radius 2 is 2.05 bits per heavy atom. The van der Waals surface area contributed by atoms with Gasteiger partial charge in [0.1, 0.15) is 0 Å². The number of rotatable bonds is 5. The molecule has 1 N–H and O–H groups in total. The van der Waals surface area contributed by atoms with E-state index in [1.165, 1.54) is 0 Å². The minimum absolute atomic E-state index is 0.233. The van der Waals surface area contributed by atoms with Gasteiger partial charge >= 0.3 is 0 Å². The third-order valence-corrected chi connectivity index (χ3v) is 4.37. The highest BCUT2D eigenvalue weighted by atomic mass is 79.9. The zero-order chi connectivity index (χ0) is 15.5. The number of fused-ring (bicyclic) bond motifs is 1. The summed E-state index contributed by atoms with van der Waals surface area (Å²) in [7, 11) is 1.69. The van der Waals surface area contributed by atoms with Crippen molar-refractivity contribution in [2.24, 2.45) is 0 Å². The van der Waals surface area contributed by atoms with E-state index in [1.54, 1.807) is 7.11 Å². The van der Waals surface area contributed by atoms with Gasteiger partial charge in [-0.05, 0) is 60.3 Å². The molecule has 1 aromatic rings. The van der Waals surface area contributed by atoms with Crippen LogP contribution < -0.4 is 9.47 Å². The lowest BCUT2D eigenvalue weighted by Gasteiger charge is -2.24. The predicted octanol–water partition coefficient (Wildman–Crippen LogP) is 3.85. The maximum Gasteiger partial charge on any atom is 0.175 e. The number of benzene rings is 1. The van der Waals surface area contributed by atoms with Gasteiger partial charge in [0.25, 0.3) is 0 Å². The summed E-state index contributed by atoms with van der Waals surface area (Å²) in [5.41, 5.74) is 0.599. The van der Waals surface area contributed by atoms with E-state index in [2.05, 4.69) is 15.9 Å². The molecule has 1 unspecified atom stereocenters. The predicted molar refractivity (Wildman–Crippen MR) is 85.0 cm³/mol. The van der Waals surface area contributed by atoms with Crippen molar-refractivity contribution in [3.8, 4) is 11.5 Å². The SMILES string of the molecule is COC(C)(C)CCC(O)c1cc(Br)c2c(c1)OCCCO2. The number of aliphatic hydroxyl groups is 1. The Balaban J connectivity index is 2.13. The molecule has 5 heteroatoms. The summed E-state index contributed by atoms with van der Waals surface area (Å²) in [6.07, 6.45) is 1.72. The largest absolute Gasteiger partial charge is 0.490 e. The zero-order valence-corrected chi connectivity index (χ0v) is 14.4. The van der Waals surface area contributed by atoms with Crippen molar-refractivity contribution in [2.45, 2.75) is 44.8 Å². The first kappa shape index (κ1) is 16.6. The van der Waals surface area contributed by atoms with Crippen LogP contribution in [0.1, 0.15) is 44.8 Å². The Morgan fingerprint density at radius 1 is 1.33 bits per heavy atom. The molecular weight excluding hydrogens is 336 g/mol. The summed E-state index contributed by atoms with van der Waals surface area (Å²) in [5, 5.41) is 10.4. The van der Waals surface area contributed by atoms with E-state index in [0.29, 0.717) is 25.4 Å². The van der Waals surface area contributed by atoms with Crippen LogP contribution in [0, 0.1) is 0 Å². The van der Waals surface area contributed by atoms with Gasteiger partial charge in [0, 0.05) is 13.5 Å². The van der Waals surface area contributed by atoms with Gasteiger partial charge < -0.3 is 19.3 Å². The van der Waals surface area contributed by atoms with E-state index >= 15 is 0 Å². The molecular formula is C16H23BrO4. The summed E-state index contributed by atoms with van der Waals surface area (Å²) < 4.78 is 17.6. The molecule has 0 spiro atoms. The average molecular weight is 359 g/mol. The number of hydrogen-bond donors (Lipinski definition) is 1. The van der Waals surface area contributed by atoms with Crippen molar-refractivity contribution >= 4 is 15.9 Å². The van der Waals surface area contributed by atoms with Crippen LogP contribution in [-0.4, -0.2) is 31.0 Å². The highest BCUT2D eigenvalue weighted by Crippen LogP contribution is 2.40. The summed E-state index contributed by atoms with van der Waals surface area (Å²) in [6, 6.07) is 3.77. The van der Waals surface area contributed by atoms with Crippen LogP contribution >= 0.6 is 15.9 Å². The molecule has 1 atom stereocenters. The molecule has 1 aliphatic rings. The van der Waals surface area contributed by atoms with Crippen molar-refractivity contribution in [3.63, 3.8) is 0 Å². The first-order valence-electron chi connectivity index (χ1n) is 7.25. The van der Waals surface area contributed by atoms with Crippen molar-refractivity contribution in [1.29, 1.82) is 0 Å². The minimum atomic E-state index is -0.548. The first-order chi connectivity index (χ1) is 9.93. The maximum absolute atomic E-state index is 10.4. The van der Waals surface area contributed by atoms with Crippen molar-refractivity contribution in [1.82, 2.24) is 0 Å². The van der Waals surface area contributed by atoms with Crippen LogP contribution in [0.4, 0.5) is 0 Å². The van der Waals surface area contributed by atoms with Crippen molar-refractivity contribution < 1.29 is 19.3 Å². The van der Waals surface area contributed by atoms with E-state index in [0.717, 1.165) is 28.6 Å². The van der Waals surface area contributed by atoms with Gasteiger partial charge in [-0.15, -0.1) is 0 Å². The molecule has 4 nitrogen and oxygen atoms in total. The fourth-order valence-corrected chi connectivity index (χ4v) is 2.77. The van der Waals surface area contributed by atoms with Gasteiger partial charge in [-0.3, -0.25) is 0 Å². The van der Waals surface area contributed by atoms with E-state index in [9.17, 15) is 5.11 Å². The molecule has 0 amide bonds. The Morgan fingerprint density at radius 3 is 2.76 bits per heavy atom. The number of aliphatic hydroxyl groups excluding tert-OH is 1. The van der Waals surface area contributed by atoms with E-state index in [4.69, 9.17) is 14.2 Å². The minimum Gasteiger partial charge on any atom is -0.490 e. The van der Waals surface area contributed by atoms with E-state index < -0.39 is 6.10 Å². The van der Waals surface area contributed by atoms with Crippen LogP contribution in [0.15, 0.2) is 16.6 Å². The smallest absolute Gasteiger partial charge is 0.175 e. The van der Waals surface area contributed by atoms with Gasteiger partial charge in [0.15, 0.2) is 11.5 Å². The molecule has 1 heterocycles. The number of halogens is 1. The number of ether oxygens (including phenoxy) is 3. The van der Waals surface area contributed by atoms with Gasteiger partial charge in [0.05, 0.1) is 29.4 Å². The summed E-state index contributed by atoms with van der Waals surface area (Å²) in [4.78, 5) is 0. The average Bonchev–Trinajstić information content (AvgIpc) is 2.70. The molecule has 21 heavy (non-hydrogen) atoms. The standard InChI is InChI=1S/C16H23BrO4/c1-16(2,19-3)6-5-13(18)11-9-12(17)15-14(10-11)20-7-4-8-21-15/h9-10,13,18H,4-8H2,1-3H3. The lowest BCUT2D eigenvalue weighted by molar-refractivity contribution is 0.00276. The fourth-order valence-electron chi connectivity index (χ4n) is 2.20. The quantitative estimate of drug-likeness (QED) is 0.868. The molecule has 0 fully saturated rings. The fraction of sp³-hybridized carbons (Fsp3) is 0.625. The highest BCUT2D eigenvalue weighted by Gasteiger charge is 2.22. The van der Waals surface area contributed by atoms with Crippen LogP contribution in [0.5, 0.6) is 11.5 Å². The monoisotopic (exact) mass is 358 g/mol. The van der Waals surface area contributed by atoms with E-state index in [-0.39, 0.29) is 5.60 Å². The maximum atomic E-state index is 10.4. The third kappa shape index (κ3) is 4.34. The molecule has 118 valence electrons. The number of hydrogen-bond acceptors (Lipinski definition) is 4. The van der Waals surface area contributed by atoms with Gasteiger partial charge in [-0.1, -0.05) is 0 Å². The van der Waals surface area contributed by atoms with Crippen LogP contribution in [0.25, 0.3) is 0 Å². The van der Waals surface area contributed by atoms with Crippen molar-refractivity contribution in [3.05, 3.63) is 22.2 Å². The van der Waals surface area contributed by atoms with Gasteiger partial charge in [0.2, 0.25) is 0 Å². The molecule has 0 aromatic heterocycles. The molecule has 0 saturated heterocycles. The number of methoxy groups -OCH3 is 1. The lowest BCUT2D eigenvalue weighted by atomic mass is 9.96. The molecule has 1 aliphatic heterocycles. The van der Waals surface area contributed by atoms with Gasteiger partial charge in [-0.2, -0.15) is 0 Å². The molecule has 2 rings (SSSR count). The van der Waals surface area contributed by atoms with Crippen LogP contribution in [0.2, 0.25) is 0 Å². The second kappa shape index (κ2) is 6.99. The third-order valence-electron chi connectivity index (χ3n) is 3.78. The summed E-state index contributed by atoms with van der Waals surface area (Å²) >= 11 is 3.50. The Hall–Kier alpha value is -0.780. The Bertz CT molecular complexity index is 487. The second-order valence-corrected chi connectivity index (χ2v) is 6.75. The normalized spacial score (nSPS) is 16.4. The lowest BCUT2D eigenvalue weighted by Crippen LogP contribution is -2.23. The Kier molecular flexibility index (Phi) is 5.52. The van der Waals surface area contributed by atoms with E-state index in [1.807, 2.05) is 26.0 Å². The van der Waals surface area contributed by atoms with Crippen LogP contribution in [0.3, 0.4) is 0 Å². The zero-order valence-electron chi connectivity index (χ0n) is 12.8. The molecule has 0 bridgehead atoms. The molecule has 0 saturated carbocycles. The summed E-state index contributed by atoms with van der Waals surface area (Å²) in [6.45, 7) is 5.32. The Labute approximate surface area is 134 Å². The second-order valence-electron chi connectivity index (χ2n) is 5.90. The topological polar surface area (TPSA) is 47.9 Å². The highest BCUT2D eigenvalue weighted by molar-refractivity contribution is 9.10. The molecule has 1 aromatic carbocycles. The molecule has 0 aliphatic carbocycles. The first-order valence-corrected chi connectivity index (χ1v) is 8.04. The van der Waals surface area contributed by atoms with Gasteiger partial charge in [-0.25, -0.2) is 0 Å². The summed E-state index contributed by atoms with van der Waals surface area (Å²) in [5.74, 6) is 1.42. The van der Waals surface area contributed by atoms with Crippen LogP contribution in [-0.2, 0) is 4.74 Å². The van der Waals surface area contributed by atoms with Crippen molar-refractivity contribution in [2.75, 3.05) is 20.3 Å². The molecule has 0 radical (unpaired) electrons.